The molecule has 0 aliphatic rings. The van der Waals surface area contributed by atoms with Crippen LogP contribution in [0.3, 0.4) is 0 Å². The summed E-state index contributed by atoms with van der Waals surface area (Å²) in [5, 5.41) is 2.18. The van der Waals surface area contributed by atoms with E-state index in [0.717, 1.165) is 0 Å². The third-order valence-electron chi connectivity index (χ3n) is 0.965. The van der Waals surface area contributed by atoms with Crippen molar-refractivity contribution in [3.63, 3.8) is 0 Å². The van der Waals surface area contributed by atoms with Gasteiger partial charge in [-0.05, 0) is 0 Å². The maximum absolute atomic E-state index is 5.14. The van der Waals surface area contributed by atoms with E-state index in [1.807, 2.05) is 11.3 Å². The van der Waals surface area contributed by atoms with Crippen molar-refractivity contribution in [2.75, 3.05) is 0 Å². The van der Waals surface area contributed by atoms with E-state index in [4.69, 9.17) is 12.2 Å². The first-order chi connectivity index (χ1) is 4.36. The molecule has 0 atom stereocenters. The number of hydrogen-bond acceptors (Lipinski definition) is 2. The van der Waals surface area contributed by atoms with Crippen molar-refractivity contribution in [2.45, 2.75) is 0 Å². The summed E-state index contributed by atoms with van der Waals surface area (Å²) in [6.45, 7) is 0. The van der Waals surface area contributed by atoms with Gasteiger partial charge in [-0.25, -0.2) is 0 Å². The van der Waals surface area contributed by atoms with Crippen molar-refractivity contribution in [2.24, 2.45) is 0 Å². The van der Waals surface area contributed by atoms with Gasteiger partial charge in [0.2, 0.25) is 0 Å². The fourth-order valence-corrected chi connectivity index (χ4v) is 9.62. The zero-order valence-electron chi connectivity index (χ0n) is 4.29. The zero-order chi connectivity index (χ0) is 6.27. The Balaban J connectivity index is 3.08. The van der Waals surface area contributed by atoms with Crippen molar-refractivity contribution >= 4 is 60.4 Å². The van der Waals surface area contributed by atoms with E-state index in [-0.39, 0.29) is 0 Å². The molecular formula is C5H2S2Se2. The Kier molecular flexibility index (Phi) is 1.79. The van der Waals surface area contributed by atoms with Gasteiger partial charge >= 0.3 is 74.1 Å². The van der Waals surface area contributed by atoms with E-state index in [2.05, 4.69) is 11.4 Å². The van der Waals surface area contributed by atoms with Crippen LogP contribution in [0.15, 0.2) is 11.4 Å². The van der Waals surface area contributed by atoms with E-state index in [1.54, 1.807) is 7.83 Å². The van der Waals surface area contributed by atoms with Crippen LogP contribution >= 0.6 is 23.6 Å². The van der Waals surface area contributed by atoms with Gasteiger partial charge < -0.3 is 0 Å². The summed E-state index contributed by atoms with van der Waals surface area (Å²) in [5.41, 5.74) is 0. The first-order valence-corrected chi connectivity index (χ1v) is 7.05. The molecule has 9 heavy (non-hydrogen) atoms. The van der Waals surface area contributed by atoms with E-state index >= 15 is 0 Å². The van der Waals surface area contributed by atoms with Crippen LogP contribution in [0.4, 0.5) is 0 Å². The van der Waals surface area contributed by atoms with Gasteiger partial charge in [-0.15, -0.1) is 0 Å². The molecule has 0 radical (unpaired) electrons. The molecule has 0 saturated carbocycles. The third kappa shape index (κ3) is 1.16. The molecule has 46 valence electrons. The number of hydrogen-bond donors (Lipinski definition) is 0. The van der Waals surface area contributed by atoms with Gasteiger partial charge in [0.15, 0.2) is 0 Å². The number of rotatable bonds is 0. The molecule has 0 nitrogen and oxygen atoms in total. The van der Waals surface area contributed by atoms with Crippen LogP contribution in [0.1, 0.15) is 0 Å². The van der Waals surface area contributed by atoms with Crippen LogP contribution in [0.25, 0.3) is 7.83 Å². The Hall–Kier alpha value is 0.829. The van der Waals surface area contributed by atoms with Gasteiger partial charge in [-0.3, -0.25) is 0 Å². The minimum absolute atomic E-state index is 0.560. The van der Waals surface area contributed by atoms with Crippen LogP contribution in [0.5, 0.6) is 0 Å². The average Bonchev–Trinajstić information content (AvgIpc) is 2.22. The Morgan fingerprint density at radius 1 is 1.44 bits per heavy atom. The molecule has 0 saturated heterocycles. The fourth-order valence-electron chi connectivity index (χ4n) is 0.620. The van der Waals surface area contributed by atoms with Crippen molar-refractivity contribution in [3.8, 4) is 0 Å². The van der Waals surface area contributed by atoms with E-state index in [9.17, 15) is 0 Å². The molecule has 2 rings (SSSR count). The van der Waals surface area contributed by atoms with Crippen LogP contribution in [-0.4, -0.2) is 29.0 Å². The van der Waals surface area contributed by atoms with Crippen molar-refractivity contribution in [1.82, 2.24) is 0 Å². The van der Waals surface area contributed by atoms with E-state index in [1.165, 1.54) is 2.26 Å². The van der Waals surface area contributed by atoms with Gasteiger partial charge in [-0.2, -0.15) is 0 Å². The predicted molar refractivity (Wildman–Crippen MR) is 46.5 cm³/mol. The molecule has 0 aliphatic carbocycles. The normalized spacial score (nSPS) is 10.7. The number of thiophene rings is 1. The molecule has 4 heteroatoms. The van der Waals surface area contributed by atoms with Crippen molar-refractivity contribution in [3.05, 3.63) is 13.7 Å². The molecule has 0 bridgehead atoms. The summed E-state index contributed by atoms with van der Waals surface area (Å²) < 4.78 is 4.46. The molecule has 0 aromatic carbocycles. The Bertz CT molecular complexity index is 336. The Labute approximate surface area is 73.6 Å². The van der Waals surface area contributed by atoms with Gasteiger partial charge in [0, 0.05) is 0 Å². The van der Waals surface area contributed by atoms with Crippen LogP contribution in [0.2, 0.25) is 0 Å². The summed E-state index contributed by atoms with van der Waals surface area (Å²) in [5.74, 6) is 0. The van der Waals surface area contributed by atoms with Crippen LogP contribution in [-0.2, 0) is 0 Å². The standard InChI is InChI=1S/C5H2S2Se2/c6-5-8-3-1-2-7-4(3)9-5/h1-2H. The summed E-state index contributed by atoms with van der Waals surface area (Å²) >= 11 is 8.14. The van der Waals surface area contributed by atoms with Crippen LogP contribution < -0.4 is 0 Å². The quantitative estimate of drug-likeness (QED) is 0.524. The summed E-state index contributed by atoms with van der Waals surface area (Å²) in [6, 6.07) is 2.22. The molecule has 0 aliphatic heterocycles. The van der Waals surface area contributed by atoms with Crippen molar-refractivity contribution < 1.29 is 0 Å². The second kappa shape index (κ2) is 2.46. The van der Waals surface area contributed by atoms with Gasteiger partial charge in [-0.1, -0.05) is 0 Å². The maximum atomic E-state index is 5.14. The van der Waals surface area contributed by atoms with Gasteiger partial charge in [0.1, 0.15) is 0 Å². The second-order valence-corrected chi connectivity index (χ2v) is 10.3. The topological polar surface area (TPSA) is 0 Å². The minimum atomic E-state index is 0.560. The van der Waals surface area contributed by atoms with E-state index in [0.29, 0.717) is 29.0 Å². The Morgan fingerprint density at radius 2 is 2.33 bits per heavy atom. The number of fused-ring (bicyclic) bond motifs is 1. The summed E-state index contributed by atoms with van der Waals surface area (Å²) in [6.07, 6.45) is 0. The predicted octanol–water partition coefficient (Wildman–Crippen LogP) is 1.74. The molecular weight excluding hydrogens is 282 g/mol. The van der Waals surface area contributed by atoms with Gasteiger partial charge in [0.05, 0.1) is 0 Å². The molecule has 0 unspecified atom stereocenters. The summed E-state index contributed by atoms with van der Waals surface area (Å²) in [4.78, 5) is 0. The van der Waals surface area contributed by atoms with Crippen molar-refractivity contribution in [1.29, 1.82) is 0 Å². The zero-order valence-corrected chi connectivity index (χ0v) is 9.35. The fraction of sp³-hybridized carbons (Fsp3) is 0. The first-order valence-electron chi connectivity index (χ1n) is 2.33. The van der Waals surface area contributed by atoms with Crippen LogP contribution in [0, 0.1) is 2.26 Å². The molecule has 0 spiro atoms. The van der Waals surface area contributed by atoms with E-state index < -0.39 is 0 Å². The molecule has 2 aromatic heterocycles. The molecule has 2 heterocycles. The molecule has 0 amide bonds. The molecule has 2 aromatic rings. The SMILES string of the molecule is S=c1[se]c2ccsc2[se]1. The third-order valence-corrected chi connectivity index (χ3v) is 9.06. The summed E-state index contributed by atoms with van der Waals surface area (Å²) in [7, 11) is 0. The van der Waals surface area contributed by atoms with Gasteiger partial charge in [0.25, 0.3) is 0 Å². The molecule has 0 N–H and O–H groups in total. The first kappa shape index (κ1) is 6.53. The second-order valence-electron chi connectivity index (χ2n) is 1.53. The Morgan fingerprint density at radius 3 is 3.11 bits per heavy atom. The molecule has 0 fully saturated rings. The monoisotopic (exact) mass is 286 g/mol. The average molecular weight is 284 g/mol.